The van der Waals surface area contributed by atoms with Gasteiger partial charge in [0.25, 0.3) is 5.91 Å². The molecule has 3 aromatic rings. The maximum Gasteiger partial charge on any atom is 0.416 e. The van der Waals surface area contributed by atoms with Crippen LogP contribution >= 0.6 is 11.6 Å². The first-order valence-electron chi connectivity index (χ1n) is 11.4. The number of halogens is 4. The largest absolute Gasteiger partial charge is 0.456 e. The quantitative estimate of drug-likeness (QED) is 0.396. The topological polar surface area (TPSA) is 92.8 Å². The third-order valence-electron chi connectivity index (χ3n) is 6.01. The monoisotopic (exact) mass is 566 g/mol. The number of hydrogen-bond donors (Lipinski definition) is 1. The summed E-state index contributed by atoms with van der Waals surface area (Å²) in [6.07, 6.45) is -4.56. The number of ether oxygens (including phenoxy) is 1. The summed E-state index contributed by atoms with van der Waals surface area (Å²) >= 11 is 5.89. The lowest BCUT2D eigenvalue weighted by molar-refractivity contribution is -0.148. The van der Waals surface area contributed by atoms with Crippen molar-refractivity contribution >= 4 is 39.2 Å². The van der Waals surface area contributed by atoms with Crippen LogP contribution in [-0.2, 0) is 36.9 Å². The lowest BCUT2D eigenvalue weighted by Crippen LogP contribution is -2.41. The predicted molar refractivity (Wildman–Crippen MR) is 134 cm³/mol. The van der Waals surface area contributed by atoms with Crippen LogP contribution in [0.2, 0.25) is 5.02 Å². The van der Waals surface area contributed by atoms with Gasteiger partial charge in [-0.25, -0.2) is 8.42 Å². The maximum atomic E-state index is 13.4. The van der Waals surface area contributed by atoms with E-state index in [0.29, 0.717) is 18.1 Å². The van der Waals surface area contributed by atoms with E-state index in [-0.39, 0.29) is 28.6 Å². The minimum atomic E-state index is -4.64. The SMILES string of the molecule is O=C(COC(=O)CC1c2ccccc2CCN1S(=O)(=O)c1ccccc1)Nc1cc(C(F)(F)F)ccc1Cl. The van der Waals surface area contributed by atoms with Gasteiger partial charge in [0.2, 0.25) is 10.0 Å². The Labute approximate surface area is 222 Å². The molecule has 7 nitrogen and oxygen atoms in total. The van der Waals surface area contributed by atoms with Gasteiger partial charge in [0.15, 0.2) is 6.61 Å². The molecule has 0 aliphatic carbocycles. The van der Waals surface area contributed by atoms with Crippen LogP contribution in [0, 0.1) is 0 Å². The molecular weight excluding hydrogens is 545 g/mol. The van der Waals surface area contributed by atoms with E-state index in [4.69, 9.17) is 16.3 Å². The molecule has 12 heteroatoms. The van der Waals surface area contributed by atoms with Gasteiger partial charge < -0.3 is 10.1 Å². The number of benzene rings is 3. The van der Waals surface area contributed by atoms with E-state index in [2.05, 4.69) is 5.32 Å². The summed E-state index contributed by atoms with van der Waals surface area (Å²) in [5.41, 5.74) is 0.242. The molecule has 1 atom stereocenters. The molecule has 1 aliphatic heterocycles. The lowest BCUT2D eigenvalue weighted by atomic mass is 9.92. The van der Waals surface area contributed by atoms with Gasteiger partial charge in [-0.1, -0.05) is 54.1 Å². The maximum absolute atomic E-state index is 13.4. The number of carbonyl (C=O) groups excluding carboxylic acids is 2. The molecule has 4 rings (SSSR count). The van der Waals surface area contributed by atoms with Crippen molar-refractivity contribution in [1.29, 1.82) is 0 Å². The van der Waals surface area contributed by atoms with E-state index in [1.807, 2.05) is 12.1 Å². The number of alkyl halides is 3. The van der Waals surface area contributed by atoms with Gasteiger partial charge in [-0.05, 0) is 47.9 Å². The Bertz CT molecular complexity index is 1450. The highest BCUT2D eigenvalue weighted by Crippen LogP contribution is 2.37. The third kappa shape index (κ3) is 6.17. The molecule has 0 saturated heterocycles. The Hall–Kier alpha value is -3.41. The first-order chi connectivity index (χ1) is 18.0. The van der Waals surface area contributed by atoms with Crippen molar-refractivity contribution in [1.82, 2.24) is 4.31 Å². The summed E-state index contributed by atoms with van der Waals surface area (Å²) in [6, 6.07) is 16.5. The Morgan fingerprint density at radius 3 is 2.42 bits per heavy atom. The fraction of sp³-hybridized carbons (Fsp3) is 0.231. The number of esters is 1. The molecule has 1 amide bonds. The third-order valence-corrected chi connectivity index (χ3v) is 8.26. The molecule has 0 aromatic heterocycles. The molecule has 0 fully saturated rings. The summed E-state index contributed by atoms with van der Waals surface area (Å²) in [7, 11) is -3.95. The van der Waals surface area contributed by atoms with Crippen molar-refractivity contribution < 1.29 is 35.9 Å². The van der Waals surface area contributed by atoms with Gasteiger partial charge in [0, 0.05) is 6.54 Å². The predicted octanol–water partition coefficient (Wildman–Crippen LogP) is 5.22. The van der Waals surface area contributed by atoms with Crippen LogP contribution < -0.4 is 5.32 Å². The fourth-order valence-electron chi connectivity index (χ4n) is 4.20. The zero-order valence-electron chi connectivity index (χ0n) is 19.7. The van der Waals surface area contributed by atoms with Crippen molar-refractivity contribution in [3.8, 4) is 0 Å². The highest BCUT2D eigenvalue weighted by molar-refractivity contribution is 7.89. The molecule has 1 unspecified atom stereocenters. The Morgan fingerprint density at radius 2 is 1.71 bits per heavy atom. The molecule has 0 saturated carbocycles. The summed E-state index contributed by atoms with van der Waals surface area (Å²) in [5.74, 6) is -1.76. The summed E-state index contributed by atoms with van der Waals surface area (Å²) in [5, 5.41) is 2.07. The van der Waals surface area contributed by atoms with E-state index in [1.165, 1.54) is 16.4 Å². The van der Waals surface area contributed by atoms with Gasteiger partial charge in [-0.15, -0.1) is 0 Å². The van der Waals surface area contributed by atoms with Gasteiger partial charge in [-0.3, -0.25) is 9.59 Å². The normalized spacial score (nSPS) is 15.9. The zero-order chi connectivity index (χ0) is 27.5. The van der Waals surface area contributed by atoms with Crippen LogP contribution in [-0.4, -0.2) is 37.8 Å². The average Bonchev–Trinajstić information content (AvgIpc) is 2.88. The van der Waals surface area contributed by atoms with Gasteiger partial charge in [0.05, 0.1) is 33.6 Å². The number of sulfonamides is 1. The van der Waals surface area contributed by atoms with Gasteiger partial charge in [0.1, 0.15) is 0 Å². The van der Waals surface area contributed by atoms with Crippen molar-refractivity contribution in [3.63, 3.8) is 0 Å². The number of anilines is 1. The van der Waals surface area contributed by atoms with E-state index in [0.717, 1.165) is 17.7 Å². The Balaban J connectivity index is 1.47. The summed E-state index contributed by atoms with van der Waals surface area (Å²) in [4.78, 5) is 25.1. The summed E-state index contributed by atoms with van der Waals surface area (Å²) < 4.78 is 72.0. The standard InChI is InChI=1S/C26H22ClF3N2O5S/c27-21-11-10-18(26(28,29)30)14-22(21)31-24(33)16-37-25(34)15-23-20-9-5-4-6-17(20)12-13-32(23)38(35,36)19-7-2-1-3-8-19/h1-11,14,23H,12-13,15-16H2,(H,31,33). The van der Waals surface area contributed by atoms with Crippen molar-refractivity contribution in [2.24, 2.45) is 0 Å². The molecule has 38 heavy (non-hydrogen) atoms. The number of nitrogens with one attached hydrogen (secondary N) is 1. The van der Waals surface area contributed by atoms with Crippen LogP contribution in [0.15, 0.2) is 77.7 Å². The van der Waals surface area contributed by atoms with Crippen LogP contribution in [0.25, 0.3) is 0 Å². The average molecular weight is 567 g/mol. The second-order valence-corrected chi connectivity index (χ2v) is 10.8. The molecule has 200 valence electrons. The second kappa shape index (κ2) is 11.1. The number of carbonyl (C=O) groups is 2. The van der Waals surface area contributed by atoms with Crippen molar-refractivity contribution in [3.05, 3.63) is 94.5 Å². The first-order valence-corrected chi connectivity index (χ1v) is 13.3. The van der Waals surface area contributed by atoms with Crippen LogP contribution in [0.1, 0.15) is 29.2 Å². The molecular formula is C26H22ClF3N2O5S. The molecule has 1 heterocycles. The summed E-state index contributed by atoms with van der Waals surface area (Å²) in [6.45, 7) is -0.661. The number of fused-ring (bicyclic) bond motifs is 1. The van der Waals surface area contributed by atoms with Crippen LogP contribution in [0.3, 0.4) is 0 Å². The highest BCUT2D eigenvalue weighted by atomic mass is 35.5. The van der Waals surface area contributed by atoms with Gasteiger partial charge in [-0.2, -0.15) is 17.5 Å². The molecule has 0 bridgehead atoms. The number of rotatable bonds is 7. The van der Waals surface area contributed by atoms with E-state index in [9.17, 15) is 31.2 Å². The fourth-order valence-corrected chi connectivity index (χ4v) is 5.99. The number of amides is 1. The number of hydrogen-bond acceptors (Lipinski definition) is 5. The smallest absolute Gasteiger partial charge is 0.416 e. The molecule has 3 aromatic carbocycles. The van der Waals surface area contributed by atoms with Crippen LogP contribution in [0.4, 0.5) is 18.9 Å². The molecule has 1 aliphatic rings. The van der Waals surface area contributed by atoms with Gasteiger partial charge >= 0.3 is 12.1 Å². The Kier molecular flexibility index (Phi) is 8.10. The highest BCUT2D eigenvalue weighted by Gasteiger charge is 2.38. The molecule has 0 spiro atoms. The van der Waals surface area contributed by atoms with Crippen molar-refractivity contribution in [2.75, 3.05) is 18.5 Å². The van der Waals surface area contributed by atoms with E-state index in [1.54, 1.807) is 30.3 Å². The van der Waals surface area contributed by atoms with E-state index >= 15 is 0 Å². The number of nitrogens with zero attached hydrogens (tertiary/aromatic N) is 1. The Morgan fingerprint density at radius 1 is 1.03 bits per heavy atom. The minimum Gasteiger partial charge on any atom is -0.456 e. The van der Waals surface area contributed by atoms with Crippen molar-refractivity contribution in [2.45, 2.75) is 30.0 Å². The second-order valence-electron chi connectivity index (χ2n) is 8.50. The molecule has 0 radical (unpaired) electrons. The molecule has 1 N–H and O–H groups in total. The first kappa shape index (κ1) is 27.6. The van der Waals surface area contributed by atoms with Crippen LogP contribution in [0.5, 0.6) is 0 Å². The van der Waals surface area contributed by atoms with E-state index < -0.39 is 46.3 Å². The lowest BCUT2D eigenvalue weighted by Gasteiger charge is -2.36. The minimum absolute atomic E-state index is 0.0788. The zero-order valence-corrected chi connectivity index (χ0v) is 21.3.